The number of nitrogens with one attached hydrogen (secondary N) is 1. The molecule has 0 radical (unpaired) electrons. The first-order chi connectivity index (χ1) is 10.0. The highest BCUT2D eigenvalue weighted by Gasteiger charge is 2.48. The fourth-order valence-corrected chi connectivity index (χ4v) is 5.36. The first-order valence-corrected chi connectivity index (χ1v) is 9.67. The third kappa shape index (κ3) is 2.88. The van der Waals surface area contributed by atoms with E-state index in [1.165, 1.54) is 28.3 Å². The Balaban J connectivity index is 1.85. The number of hydrogen-bond acceptors (Lipinski definition) is 4. The monoisotopic (exact) mass is 324 g/mol. The smallest absolute Gasteiger partial charge is 0.244 e. The van der Waals surface area contributed by atoms with E-state index in [0.29, 0.717) is 5.25 Å². The van der Waals surface area contributed by atoms with Gasteiger partial charge in [-0.3, -0.25) is 10.1 Å². The lowest BCUT2D eigenvalue weighted by Gasteiger charge is -2.26. The van der Waals surface area contributed by atoms with Crippen molar-refractivity contribution in [1.29, 1.82) is 0 Å². The van der Waals surface area contributed by atoms with Crippen LogP contribution in [0.5, 0.6) is 0 Å². The number of rotatable bonds is 4. The molecule has 1 N–H and O–H groups in total. The highest BCUT2D eigenvalue weighted by atomic mass is 32.2. The molecule has 0 saturated carbocycles. The van der Waals surface area contributed by atoms with Crippen LogP contribution < -0.4 is 5.32 Å². The highest BCUT2D eigenvalue weighted by molar-refractivity contribution is 8.00. The molecule has 2 fully saturated rings. The summed E-state index contributed by atoms with van der Waals surface area (Å²) in [6, 6.07) is 4.32. The molecule has 0 bridgehead atoms. The molecule has 3 heterocycles. The Bertz CT molecular complexity index is 524. The molecule has 0 aromatic carbocycles. The average molecular weight is 325 g/mol. The van der Waals surface area contributed by atoms with Crippen LogP contribution in [0.25, 0.3) is 0 Å². The molecular weight excluding hydrogens is 300 g/mol. The van der Waals surface area contributed by atoms with E-state index in [2.05, 4.69) is 36.2 Å². The summed E-state index contributed by atoms with van der Waals surface area (Å²) in [5, 5.41) is 4.21. The van der Waals surface area contributed by atoms with Crippen molar-refractivity contribution in [3.8, 4) is 0 Å². The summed E-state index contributed by atoms with van der Waals surface area (Å²) in [5.41, 5.74) is -0.411. The number of thioether (sulfide) groups is 1. The van der Waals surface area contributed by atoms with E-state index < -0.39 is 5.54 Å². The zero-order valence-corrected chi connectivity index (χ0v) is 14.6. The molecule has 2 aliphatic heterocycles. The van der Waals surface area contributed by atoms with Gasteiger partial charge < -0.3 is 4.90 Å². The molecule has 5 heteroatoms. The van der Waals surface area contributed by atoms with Gasteiger partial charge in [0.1, 0.15) is 6.17 Å². The van der Waals surface area contributed by atoms with E-state index in [-0.39, 0.29) is 12.1 Å². The van der Waals surface area contributed by atoms with Gasteiger partial charge in [-0.15, -0.1) is 11.3 Å². The van der Waals surface area contributed by atoms with Crippen LogP contribution in [0.1, 0.15) is 49.0 Å². The minimum absolute atomic E-state index is 0.0577. The van der Waals surface area contributed by atoms with Crippen molar-refractivity contribution in [2.45, 2.75) is 57.0 Å². The Kier molecular flexibility index (Phi) is 4.35. The van der Waals surface area contributed by atoms with Gasteiger partial charge in [0, 0.05) is 21.5 Å². The predicted octanol–water partition coefficient (Wildman–Crippen LogP) is 3.55. The number of nitrogens with zero attached hydrogens (tertiary/aromatic N) is 1. The van der Waals surface area contributed by atoms with Crippen LogP contribution in [0.2, 0.25) is 0 Å². The first-order valence-electron chi connectivity index (χ1n) is 7.80. The molecule has 1 aromatic heterocycles. The van der Waals surface area contributed by atoms with E-state index in [1.807, 2.05) is 18.7 Å². The van der Waals surface area contributed by atoms with Gasteiger partial charge >= 0.3 is 0 Å². The minimum Gasteiger partial charge on any atom is -0.319 e. The lowest BCUT2D eigenvalue weighted by atomic mass is 9.99. The molecular formula is C16H24N2OS2. The fourth-order valence-electron chi connectivity index (χ4n) is 3.15. The lowest BCUT2D eigenvalue weighted by Crippen LogP contribution is -2.43. The Morgan fingerprint density at radius 1 is 1.48 bits per heavy atom. The summed E-state index contributed by atoms with van der Waals surface area (Å²) in [7, 11) is 0. The largest absolute Gasteiger partial charge is 0.319 e. The van der Waals surface area contributed by atoms with Crippen molar-refractivity contribution in [3.63, 3.8) is 0 Å². The highest BCUT2D eigenvalue weighted by Crippen LogP contribution is 2.38. The maximum Gasteiger partial charge on any atom is 0.244 e. The quantitative estimate of drug-likeness (QED) is 0.919. The molecule has 1 amide bonds. The van der Waals surface area contributed by atoms with Gasteiger partial charge in [0.05, 0.1) is 5.54 Å². The van der Waals surface area contributed by atoms with E-state index in [4.69, 9.17) is 0 Å². The third-order valence-electron chi connectivity index (χ3n) is 4.66. The van der Waals surface area contributed by atoms with Gasteiger partial charge in [0.25, 0.3) is 0 Å². The number of aryl methyl sites for hydroxylation is 1. The number of thiophene rings is 1. The second kappa shape index (κ2) is 5.94. The Morgan fingerprint density at radius 2 is 2.29 bits per heavy atom. The van der Waals surface area contributed by atoms with Crippen molar-refractivity contribution in [2.75, 3.05) is 12.3 Å². The molecule has 3 rings (SSSR count). The summed E-state index contributed by atoms with van der Waals surface area (Å²) in [4.78, 5) is 17.6. The molecule has 116 valence electrons. The van der Waals surface area contributed by atoms with Gasteiger partial charge in [-0.05, 0) is 51.0 Å². The second-order valence-electron chi connectivity index (χ2n) is 6.27. The van der Waals surface area contributed by atoms with Crippen molar-refractivity contribution in [1.82, 2.24) is 10.2 Å². The third-order valence-corrected chi connectivity index (χ3v) is 7.10. The van der Waals surface area contributed by atoms with Gasteiger partial charge in [-0.2, -0.15) is 11.8 Å². The van der Waals surface area contributed by atoms with E-state index in [9.17, 15) is 4.79 Å². The van der Waals surface area contributed by atoms with E-state index >= 15 is 0 Å². The SMILES string of the molecule is CCC1(C)NC(c2ccc(C)s2)N(CC2CCCS2)C1=O. The van der Waals surface area contributed by atoms with Crippen LogP contribution in [0.15, 0.2) is 12.1 Å². The Morgan fingerprint density at radius 3 is 2.86 bits per heavy atom. The predicted molar refractivity (Wildman–Crippen MR) is 90.8 cm³/mol. The van der Waals surface area contributed by atoms with Gasteiger partial charge in [0.2, 0.25) is 5.91 Å². The first kappa shape index (κ1) is 15.4. The van der Waals surface area contributed by atoms with Gasteiger partial charge in [0.15, 0.2) is 0 Å². The van der Waals surface area contributed by atoms with Gasteiger partial charge in [-0.1, -0.05) is 6.92 Å². The van der Waals surface area contributed by atoms with Crippen LogP contribution in [0, 0.1) is 6.92 Å². The summed E-state index contributed by atoms with van der Waals surface area (Å²) >= 11 is 3.82. The normalized spacial score (nSPS) is 33.1. The summed E-state index contributed by atoms with van der Waals surface area (Å²) < 4.78 is 0. The van der Waals surface area contributed by atoms with Crippen LogP contribution in [0.4, 0.5) is 0 Å². The molecule has 3 atom stereocenters. The molecule has 0 aliphatic carbocycles. The maximum atomic E-state index is 12.9. The summed E-state index contributed by atoms with van der Waals surface area (Å²) in [6.45, 7) is 7.15. The second-order valence-corrected chi connectivity index (χ2v) is 9.00. The molecule has 2 aliphatic rings. The Labute approximate surface area is 135 Å². The van der Waals surface area contributed by atoms with Crippen LogP contribution in [-0.4, -0.2) is 33.9 Å². The molecule has 2 saturated heterocycles. The lowest BCUT2D eigenvalue weighted by molar-refractivity contribution is -0.133. The maximum absolute atomic E-state index is 12.9. The Hall–Kier alpha value is -0.520. The van der Waals surface area contributed by atoms with Crippen molar-refractivity contribution < 1.29 is 4.79 Å². The number of hydrogen-bond donors (Lipinski definition) is 1. The fraction of sp³-hybridized carbons (Fsp3) is 0.688. The van der Waals surface area contributed by atoms with Crippen molar-refractivity contribution in [3.05, 3.63) is 21.9 Å². The van der Waals surface area contributed by atoms with Crippen LogP contribution in [0.3, 0.4) is 0 Å². The molecule has 0 spiro atoms. The average Bonchev–Trinajstić information content (AvgIpc) is 3.17. The molecule has 1 aromatic rings. The molecule has 3 unspecified atom stereocenters. The molecule has 3 nitrogen and oxygen atoms in total. The molecule has 21 heavy (non-hydrogen) atoms. The zero-order valence-electron chi connectivity index (χ0n) is 13.0. The van der Waals surface area contributed by atoms with Crippen LogP contribution >= 0.6 is 23.1 Å². The summed E-state index contributed by atoms with van der Waals surface area (Å²) in [6.07, 6.45) is 3.43. The van der Waals surface area contributed by atoms with Crippen molar-refractivity contribution >= 4 is 29.0 Å². The van der Waals surface area contributed by atoms with Crippen LogP contribution in [-0.2, 0) is 4.79 Å². The standard InChI is InChI=1S/C16H24N2OS2/c1-4-16(3)15(19)18(10-12-6-5-9-20-12)14(17-16)13-8-7-11(2)21-13/h7-8,12,14,17H,4-6,9-10H2,1-3H3. The summed E-state index contributed by atoms with van der Waals surface area (Å²) in [5.74, 6) is 1.52. The minimum atomic E-state index is -0.411. The van der Waals surface area contributed by atoms with Gasteiger partial charge in [-0.25, -0.2) is 0 Å². The number of amides is 1. The number of carbonyl (C=O) groups is 1. The number of carbonyl (C=O) groups excluding carboxylic acids is 1. The van der Waals surface area contributed by atoms with E-state index in [1.54, 1.807) is 11.3 Å². The topological polar surface area (TPSA) is 32.3 Å². The van der Waals surface area contributed by atoms with E-state index in [0.717, 1.165) is 13.0 Å². The zero-order chi connectivity index (χ0) is 15.0. The van der Waals surface area contributed by atoms with Crippen molar-refractivity contribution in [2.24, 2.45) is 0 Å².